The van der Waals surface area contributed by atoms with E-state index in [0.29, 0.717) is 10.0 Å². The van der Waals surface area contributed by atoms with Crippen molar-refractivity contribution in [3.05, 3.63) is 129 Å². The summed E-state index contributed by atoms with van der Waals surface area (Å²) in [6.45, 7) is 3.77. The molecule has 4 aromatic carbocycles. The smallest absolute Gasteiger partial charge is 0.395 e. The van der Waals surface area contributed by atoms with E-state index in [1.54, 1.807) is 36.4 Å². The van der Waals surface area contributed by atoms with Gasteiger partial charge in [0.05, 0.1) is 0 Å². The van der Waals surface area contributed by atoms with Crippen LogP contribution in [-0.2, 0) is 4.57 Å². The first kappa shape index (κ1) is 25.1. The molecule has 0 aliphatic rings. The molecule has 0 amide bonds. The summed E-state index contributed by atoms with van der Waals surface area (Å²) >= 11 is 12.2. The first-order valence-corrected chi connectivity index (χ1v) is 13.1. The molecule has 0 saturated carbocycles. The van der Waals surface area contributed by atoms with Crippen LogP contribution in [0.5, 0.6) is 11.5 Å². The van der Waals surface area contributed by atoms with Gasteiger partial charge in [0, 0.05) is 10.0 Å². The number of hydrogen-bond donors (Lipinski definition) is 1. The molecule has 0 aliphatic carbocycles. The highest BCUT2D eigenvalue weighted by atomic mass is 35.5. The van der Waals surface area contributed by atoms with Gasteiger partial charge in [0.2, 0.25) is 0 Å². The fourth-order valence-corrected chi connectivity index (χ4v) is 4.70. The fourth-order valence-electron chi connectivity index (χ4n) is 3.65. The van der Waals surface area contributed by atoms with Gasteiger partial charge in [-0.15, -0.1) is 0 Å². The lowest BCUT2D eigenvalue weighted by Crippen LogP contribution is -2.00. The minimum atomic E-state index is -4.36. The van der Waals surface area contributed by atoms with Crippen molar-refractivity contribution in [1.82, 2.24) is 0 Å². The van der Waals surface area contributed by atoms with Crippen LogP contribution in [0.1, 0.15) is 27.8 Å². The van der Waals surface area contributed by atoms with Crippen LogP contribution in [0.2, 0.25) is 10.0 Å². The number of halogens is 2. The highest BCUT2D eigenvalue weighted by molar-refractivity contribution is 7.48. The minimum Gasteiger partial charge on any atom is -0.395 e. The Morgan fingerprint density at radius 2 is 1.17 bits per heavy atom. The Bertz CT molecular complexity index is 1330. The fraction of sp³-hybridized carbons (Fsp3) is 0.0714. The first-order valence-electron chi connectivity index (χ1n) is 10.8. The van der Waals surface area contributed by atoms with Crippen LogP contribution in [0, 0.1) is 13.8 Å². The van der Waals surface area contributed by atoms with Crippen molar-refractivity contribution in [3.8, 4) is 11.5 Å². The Labute approximate surface area is 215 Å². The van der Waals surface area contributed by atoms with Gasteiger partial charge in [-0.25, -0.2) is 4.57 Å². The quantitative estimate of drug-likeness (QED) is 0.194. The normalized spacial score (nSPS) is 12.5. The third-order valence-corrected chi connectivity index (χ3v) is 6.53. The van der Waals surface area contributed by atoms with E-state index in [1.807, 2.05) is 74.5 Å². The highest BCUT2D eigenvalue weighted by Crippen LogP contribution is 2.44. The highest BCUT2D eigenvalue weighted by Gasteiger charge is 2.25. The van der Waals surface area contributed by atoms with E-state index in [1.165, 1.54) is 0 Å². The van der Waals surface area contributed by atoms with Crippen molar-refractivity contribution in [2.45, 2.75) is 13.8 Å². The maximum atomic E-state index is 12.5. The summed E-state index contributed by atoms with van der Waals surface area (Å²) in [5, 5.41) is 1.31. The zero-order valence-electron chi connectivity index (χ0n) is 19.1. The Kier molecular flexibility index (Phi) is 7.69. The first-order chi connectivity index (χ1) is 16.7. The third kappa shape index (κ3) is 7.00. The lowest BCUT2D eigenvalue weighted by molar-refractivity contribution is 0.291. The van der Waals surface area contributed by atoms with Gasteiger partial charge >= 0.3 is 7.82 Å². The van der Waals surface area contributed by atoms with E-state index in [0.717, 1.165) is 33.4 Å². The van der Waals surface area contributed by atoms with Crippen LogP contribution in [0.4, 0.5) is 0 Å². The van der Waals surface area contributed by atoms with Crippen molar-refractivity contribution in [2.24, 2.45) is 0 Å². The third-order valence-electron chi connectivity index (χ3n) is 5.14. The summed E-state index contributed by atoms with van der Waals surface area (Å²) in [7, 11) is -4.36. The summed E-state index contributed by atoms with van der Waals surface area (Å²) in [5.74, 6) is 0.500. The molecule has 0 fully saturated rings. The van der Waals surface area contributed by atoms with Crippen LogP contribution in [-0.4, -0.2) is 4.89 Å². The van der Waals surface area contributed by atoms with Gasteiger partial charge in [0.1, 0.15) is 11.5 Å². The molecule has 0 aromatic heterocycles. The van der Waals surface area contributed by atoms with Gasteiger partial charge in [0.15, 0.2) is 0 Å². The molecule has 4 nitrogen and oxygen atoms in total. The standard InChI is InChI=1S/C28H23Cl2O4P/c1-19-15-20(2)17-27(16-19)34-35(31,32)33-26-13-3-21(4-14-26)18-28(22-5-9-24(29)10-6-22)23-7-11-25(30)12-8-23/h3-18H,1-2H3,(H,31,32). The maximum Gasteiger partial charge on any atom is 0.584 e. The van der Waals surface area contributed by atoms with Crippen LogP contribution in [0.25, 0.3) is 11.6 Å². The molecule has 35 heavy (non-hydrogen) atoms. The lowest BCUT2D eigenvalue weighted by atomic mass is 9.96. The van der Waals surface area contributed by atoms with Gasteiger partial charge in [-0.3, -0.25) is 4.89 Å². The van der Waals surface area contributed by atoms with E-state index in [2.05, 4.69) is 0 Å². The predicted molar refractivity (Wildman–Crippen MR) is 143 cm³/mol. The number of rotatable bonds is 7. The molecule has 1 unspecified atom stereocenters. The van der Waals surface area contributed by atoms with Crippen molar-refractivity contribution >= 4 is 42.7 Å². The molecule has 0 saturated heterocycles. The SMILES string of the molecule is Cc1cc(C)cc(OP(=O)(O)Oc2ccc(C=C(c3ccc(Cl)cc3)c3ccc(Cl)cc3)cc2)c1. The monoisotopic (exact) mass is 524 g/mol. The van der Waals surface area contributed by atoms with Gasteiger partial charge in [-0.2, -0.15) is 0 Å². The summed E-state index contributed by atoms with van der Waals surface area (Å²) < 4.78 is 23.1. The molecular formula is C28H23Cl2O4P. The molecule has 178 valence electrons. The zero-order chi connectivity index (χ0) is 25.0. The van der Waals surface area contributed by atoms with E-state index in [-0.39, 0.29) is 11.5 Å². The number of hydrogen-bond acceptors (Lipinski definition) is 3. The second-order valence-corrected chi connectivity index (χ2v) is 10.3. The molecule has 0 radical (unpaired) electrons. The summed E-state index contributed by atoms with van der Waals surface area (Å²) in [5.41, 5.74) is 5.66. The van der Waals surface area contributed by atoms with Crippen molar-refractivity contribution in [3.63, 3.8) is 0 Å². The topological polar surface area (TPSA) is 55.8 Å². The van der Waals surface area contributed by atoms with Crippen molar-refractivity contribution < 1.29 is 18.5 Å². The van der Waals surface area contributed by atoms with E-state index in [9.17, 15) is 9.46 Å². The van der Waals surface area contributed by atoms with Gasteiger partial charge in [-0.05, 0) is 102 Å². The predicted octanol–water partition coefficient (Wildman–Crippen LogP) is 8.76. The lowest BCUT2D eigenvalue weighted by Gasteiger charge is -2.15. The van der Waals surface area contributed by atoms with Gasteiger partial charge in [-0.1, -0.05) is 65.7 Å². The van der Waals surface area contributed by atoms with Crippen molar-refractivity contribution in [2.75, 3.05) is 0 Å². The Hall–Kier alpha value is -3.01. The molecule has 0 heterocycles. The van der Waals surface area contributed by atoms with Crippen LogP contribution in [0.3, 0.4) is 0 Å². The second-order valence-electron chi connectivity index (χ2n) is 8.12. The average Bonchev–Trinajstić information content (AvgIpc) is 2.79. The molecule has 4 aromatic rings. The van der Waals surface area contributed by atoms with Crippen molar-refractivity contribution in [1.29, 1.82) is 0 Å². The van der Waals surface area contributed by atoms with Gasteiger partial charge < -0.3 is 9.05 Å². The van der Waals surface area contributed by atoms with Crippen LogP contribution >= 0.6 is 31.0 Å². The molecule has 4 rings (SSSR count). The Balaban J connectivity index is 1.57. The Morgan fingerprint density at radius 3 is 1.66 bits per heavy atom. The summed E-state index contributed by atoms with van der Waals surface area (Å²) in [4.78, 5) is 10.2. The molecule has 0 aliphatic heterocycles. The van der Waals surface area contributed by atoms with Crippen LogP contribution < -0.4 is 9.05 Å². The van der Waals surface area contributed by atoms with Crippen LogP contribution in [0.15, 0.2) is 91.0 Å². The maximum absolute atomic E-state index is 12.5. The summed E-state index contributed by atoms with van der Waals surface area (Å²) in [6.07, 6.45) is 2.01. The Morgan fingerprint density at radius 1 is 0.714 bits per heavy atom. The number of phosphoric ester groups is 1. The molecule has 0 bridgehead atoms. The molecular weight excluding hydrogens is 502 g/mol. The second kappa shape index (κ2) is 10.7. The minimum absolute atomic E-state index is 0.219. The number of benzene rings is 4. The number of aryl methyl sites for hydroxylation is 2. The van der Waals surface area contributed by atoms with E-state index >= 15 is 0 Å². The largest absolute Gasteiger partial charge is 0.584 e. The van der Waals surface area contributed by atoms with Gasteiger partial charge in [0.25, 0.3) is 0 Å². The molecule has 1 atom stereocenters. The molecule has 1 N–H and O–H groups in total. The molecule has 7 heteroatoms. The average molecular weight is 525 g/mol. The molecule has 0 spiro atoms. The van der Waals surface area contributed by atoms with E-state index < -0.39 is 7.82 Å². The summed E-state index contributed by atoms with van der Waals surface area (Å²) in [6, 6.07) is 27.3. The zero-order valence-corrected chi connectivity index (χ0v) is 21.5. The van der Waals surface area contributed by atoms with E-state index in [4.69, 9.17) is 32.2 Å². The number of phosphoric acid groups is 1.